The van der Waals surface area contributed by atoms with E-state index in [4.69, 9.17) is 9.51 Å². The van der Waals surface area contributed by atoms with Crippen molar-refractivity contribution in [2.24, 2.45) is 0 Å². The topological polar surface area (TPSA) is 55.1 Å². The third-order valence-corrected chi connectivity index (χ3v) is 4.77. The number of fused-ring (bicyclic) bond motifs is 1. The van der Waals surface area contributed by atoms with Crippen LogP contribution in [0.1, 0.15) is 43.1 Å². The maximum Gasteiger partial charge on any atom is 0.228 e. The van der Waals surface area contributed by atoms with E-state index in [9.17, 15) is 0 Å². The monoisotopic (exact) mass is 336 g/mol. The van der Waals surface area contributed by atoms with Gasteiger partial charge in [-0.1, -0.05) is 35.8 Å². The summed E-state index contributed by atoms with van der Waals surface area (Å²) in [6.07, 6.45) is 3.53. The highest BCUT2D eigenvalue weighted by Gasteiger charge is 2.32. The molecule has 0 bridgehead atoms. The number of benzene rings is 1. The molecule has 2 aromatic heterocycles. The predicted octanol–water partition coefficient (Wildman–Crippen LogP) is 4.59. The van der Waals surface area contributed by atoms with Gasteiger partial charge in [-0.3, -0.25) is 0 Å². The minimum absolute atomic E-state index is 0.576. The average molecular weight is 336 g/mol. The maximum atomic E-state index is 5.76. The molecule has 5 heteroatoms. The third kappa shape index (κ3) is 2.88. The summed E-state index contributed by atoms with van der Waals surface area (Å²) in [4.78, 5) is 11.7. The largest absolute Gasteiger partial charge is 0.350 e. The van der Waals surface area contributed by atoms with E-state index in [-0.39, 0.29) is 0 Å². The third-order valence-electron chi connectivity index (χ3n) is 4.77. The first-order valence-electron chi connectivity index (χ1n) is 9.06. The highest BCUT2D eigenvalue weighted by Crippen LogP contribution is 2.37. The van der Waals surface area contributed by atoms with Crippen molar-refractivity contribution in [3.8, 4) is 11.3 Å². The van der Waals surface area contributed by atoms with Gasteiger partial charge in [-0.2, -0.15) is 0 Å². The molecule has 0 amide bonds. The van der Waals surface area contributed by atoms with Crippen LogP contribution in [0, 0.1) is 20.8 Å². The lowest BCUT2D eigenvalue weighted by atomic mass is 10.0. The van der Waals surface area contributed by atoms with Crippen LogP contribution in [0.25, 0.3) is 22.4 Å². The first-order valence-corrected chi connectivity index (χ1v) is 9.06. The number of aryl methyl sites for hydroxylation is 3. The lowest BCUT2D eigenvalue weighted by Gasteiger charge is -2.22. The molecule has 4 rings (SSSR count). The predicted molar refractivity (Wildman–Crippen MR) is 99.9 cm³/mol. The molecule has 0 unspecified atom stereocenters. The standard InChI is InChI=1S/C20H24N4O/c1-5-10-24(15-7-8-15)20-19-18(21-14(4)22-20)17(23-25-19)16-9-6-12(2)11-13(16)3/h6,9,11,15H,5,7-8,10H2,1-4H3. The smallest absolute Gasteiger partial charge is 0.228 e. The molecule has 130 valence electrons. The molecule has 1 aromatic carbocycles. The van der Waals surface area contributed by atoms with Gasteiger partial charge in [-0.25, -0.2) is 9.97 Å². The van der Waals surface area contributed by atoms with Crippen LogP contribution < -0.4 is 4.90 Å². The summed E-state index contributed by atoms with van der Waals surface area (Å²) in [5, 5.41) is 4.38. The fourth-order valence-electron chi connectivity index (χ4n) is 3.47. The molecule has 3 aromatic rings. The fourth-order valence-corrected chi connectivity index (χ4v) is 3.47. The Hall–Kier alpha value is -2.43. The van der Waals surface area contributed by atoms with Gasteiger partial charge in [-0.15, -0.1) is 0 Å². The molecule has 1 aliphatic carbocycles. The summed E-state index contributed by atoms with van der Waals surface area (Å²) in [6, 6.07) is 6.94. The summed E-state index contributed by atoms with van der Waals surface area (Å²) < 4.78 is 5.76. The van der Waals surface area contributed by atoms with Gasteiger partial charge in [0.05, 0.1) is 0 Å². The SMILES string of the molecule is CCCN(c1nc(C)nc2c(-c3ccc(C)cc3C)noc12)C1CC1. The Kier molecular flexibility index (Phi) is 3.94. The number of hydrogen-bond acceptors (Lipinski definition) is 5. The average Bonchev–Trinajstić information content (AvgIpc) is 3.33. The molecule has 0 N–H and O–H groups in total. The molecule has 0 spiro atoms. The van der Waals surface area contributed by atoms with Gasteiger partial charge in [0.25, 0.3) is 0 Å². The zero-order valence-electron chi connectivity index (χ0n) is 15.3. The summed E-state index contributed by atoms with van der Waals surface area (Å²) in [6.45, 7) is 9.32. The van der Waals surface area contributed by atoms with Crippen molar-refractivity contribution in [2.75, 3.05) is 11.4 Å². The van der Waals surface area contributed by atoms with Crippen molar-refractivity contribution < 1.29 is 4.52 Å². The molecular formula is C20H24N4O. The van der Waals surface area contributed by atoms with E-state index >= 15 is 0 Å². The van der Waals surface area contributed by atoms with Gasteiger partial charge < -0.3 is 9.42 Å². The molecule has 1 aliphatic rings. The molecule has 0 radical (unpaired) electrons. The van der Waals surface area contributed by atoms with Gasteiger partial charge >= 0.3 is 0 Å². The van der Waals surface area contributed by atoms with E-state index in [1.807, 2.05) is 6.92 Å². The maximum absolute atomic E-state index is 5.76. The Morgan fingerprint density at radius 1 is 1.16 bits per heavy atom. The summed E-state index contributed by atoms with van der Waals surface area (Å²) in [5.74, 6) is 1.66. The molecule has 0 aliphatic heterocycles. The molecule has 0 atom stereocenters. The second-order valence-electron chi connectivity index (χ2n) is 7.05. The molecule has 1 saturated carbocycles. The van der Waals surface area contributed by atoms with Crippen LogP contribution in [0.15, 0.2) is 22.7 Å². The zero-order chi connectivity index (χ0) is 17.6. The van der Waals surface area contributed by atoms with Crippen molar-refractivity contribution in [1.29, 1.82) is 0 Å². The zero-order valence-corrected chi connectivity index (χ0v) is 15.3. The van der Waals surface area contributed by atoms with E-state index in [2.05, 4.69) is 54.0 Å². The first-order chi connectivity index (χ1) is 12.1. The van der Waals surface area contributed by atoms with Gasteiger partial charge in [-0.05, 0) is 45.6 Å². The van der Waals surface area contributed by atoms with Gasteiger partial charge in [0.2, 0.25) is 5.58 Å². The van der Waals surface area contributed by atoms with Crippen LogP contribution >= 0.6 is 0 Å². The second kappa shape index (κ2) is 6.14. The number of hydrogen-bond donors (Lipinski definition) is 0. The van der Waals surface area contributed by atoms with Crippen LogP contribution in [0.4, 0.5) is 5.82 Å². The highest BCUT2D eigenvalue weighted by atomic mass is 16.5. The molecule has 2 heterocycles. The van der Waals surface area contributed by atoms with E-state index < -0.39 is 0 Å². The van der Waals surface area contributed by atoms with Gasteiger partial charge in [0.1, 0.15) is 17.0 Å². The van der Waals surface area contributed by atoms with Crippen LogP contribution in [-0.4, -0.2) is 27.7 Å². The fraction of sp³-hybridized carbons (Fsp3) is 0.450. The number of anilines is 1. The summed E-state index contributed by atoms with van der Waals surface area (Å²) in [7, 11) is 0. The Balaban J connectivity index is 1.89. The molecule has 5 nitrogen and oxygen atoms in total. The number of rotatable bonds is 5. The minimum Gasteiger partial charge on any atom is -0.350 e. The Morgan fingerprint density at radius 2 is 1.96 bits per heavy atom. The quantitative estimate of drug-likeness (QED) is 0.682. The lowest BCUT2D eigenvalue weighted by molar-refractivity contribution is 0.457. The first kappa shape index (κ1) is 16.1. The Morgan fingerprint density at radius 3 is 2.64 bits per heavy atom. The van der Waals surface area contributed by atoms with Crippen LogP contribution in [0.5, 0.6) is 0 Å². The van der Waals surface area contributed by atoms with Crippen molar-refractivity contribution in [1.82, 2.24) is 15.1 Å². The summed E-state index contributed by atoms with van der Waals surface area (Å²) in [5.41, 5.74) is 5.83. The lowest BCUT2D eigenvalue weighted by Crippen LogP contribution is -2.27. The molecule has 0 saturated heterocycles. The van der Waals surface area contributed by atoms with Gasteiger partial charge in [0, 0.05) is 18.2 Å². The Bertz CT molecular complexity index is 927. The van der Waals surface area contributed by atoms with E-state index in [0.29, 0.717) is 11.6 Å². The minimum atomic E-state index is 0.576. The van der Waals surface area contributed by atoms with Crippen LogP contribution in [-0.2, 0) is 0 Å². The van der Waals surface area contributed by atoms with Crippen molar-refractivity contribution in [2.45, 2.75) is 53.0 Å². The Labute approximate surface area is 148 Å². The van der Waals surface area contributed by atoms with Gasteiger partial charge in [0.15, 0.2) is 5.82 Å². The number of nitrogens with zero attached hydrogens (tertiary/aromatic N) is 4. The van der Waals surface area contributed by atoms with E-state index in [1.54, 1.807) is 0 Å². The molecular weight excluding hydrogens is 312 g/mol. The normalized spacial score (nSPS) is 14.2. The van der Waals surface area contributed by atoms with E-state index in [0.717, 1.165) is 41.4 Å². The molecule has 25 heavy (non-hydrogen) atoms. The second-order valence-corrected chi connectivity index (χ2v) is 7.05. The summed E-state index contributed by atoms with van der Waals surface area (Å²) >= 11 is 0. The highest BCUT2D eigenvalue weighted by molar-refractivity contribution is 5.94. The van der Waals surface area contributed by atoms with Crippen molar-refractivity contribution >= 4 is 16.9 Å². The van der Waals surface area contributed by atoms with Crippen molar-refractivity contribution in [3.05, 3.63) is 35.2 Å². The molecule has 1 fully saturated rings. The van der Waals surface area contributed by atoms with Crippen molar-refractivity contribution in [3.63, 3.8) is 0 Å². The number of aromatic nitrogens is 3. The van der Waals surface area contributed by atoms with Crippen LogP contribution in [0.3, 0.4) is 0 Å². The van der Waals surface area contributed by atoms with E-state index in [1.165, 1.54) is 24.0 Å². The van der Waals surface area contributed by atoms with Crippen LogP contribution in [0.2, 0.25) is 0 Å².